The Kier molecular flexibility index (Phi) is 2.50. The van der Waals surface area contributed by atoms with Crippen molar-refractivity contribution in [2.24, 2.45) is 5.92 Å². The Morgan fingerprint density at radius 2 is 2.30 bits per heavy atom. The maximum atomic E-state index is 3.39. The first-order valence-corrected chi connectivity index (χ1v) is 4.12. The maximum absolute atomic E-state index is 3.39. The smallest absolute Gasteiger partial charge is 0.0140 e. The van der Waals surface area contributed by atoms with Gasteiger partial charge in [0.1, 0.15) is 0 Å². The molecule has 0 saturated carbocycles. The molecule has 0 amide bonds. The van der Waals surface area contributed by atoms with Gasteiger partial charge in [0.2, 0.25) is 0 Å². The minimum absolute atomic E-state index is 0.683. The Morgan fingerprint density at radius 1 is 1.60 bits per heavy atom. The van der Waals surface area contributed by atoms with Gasteiger partial charge < -0.3 is 5.32 Å². The SMILES string of the molecule is CC1CC(C(C)C)=CCN1. The Hall–Kier alpha value is -0.300. The third-order valence-electron chi connectivity index (χ3n) is 2.11. The van der Waals surface area contributed by atoms with Gasteiger partial charge in [-0.25, -0.2) is 0 Å². The van der Waals surface area contributed by atoms with Crippen LogP contribution in [0.4, 0.5) is 0 Å². The van der Waals surface area contributed by atoms with Crippen LogP contribution in [0.15, 0.2) is 11.6 Å². The molecule has 1 heterocycles. The average Bonchev–Trinajstić information content (AvgIpc) is 1.88. The molecule has 1 rings (SSSR count). The van der Waals surface area contributed by atoms with Crippen molar-refractivity contribution >= 4 is 0 Å². The zero-order chi connectivity index (χ0) is 7.56. The molecule has 0 aromatic heterocycles. The van der Waals surface area contributed by atoms with Crippen LogP contribution in [0.5, 0.6) is 0 Å². The van der Waals surface area contributed by atoms with Crippen molar-refractivity contribution in [2.45, 2.75) is 33.2 Å². The van der Waals surface area contributed by atoms with Gasteiger partial charge in [-0.1, -0.05) is 25.5 Å². The first-order valence-electron chi connectivity index (χ1n) is 4.12. The molecular weight excluding hydrogens is 122 g/mol. The summed E-state index contributed by atoms with van der Waals surface area (Å²) in [5, 5.41) is 3.39. The van der Waals surface area contributed by atoms with Crippen LogP contribution in [-0.2, 0) is 0 Å². The van der Waals surface area contributed by atoms with Gasteiger partial charge in [0.05, 0.1) is 0 Å². The molecule has 0 radical (unpaired) electrons. The van der Waals surface area contributed by atoms with Gasteiger partial charge in [-0.05, 0) is 19.3 Å². The molecule has 0 aromatic carbocycles. The highest BCUT2D eigenvalue weighted by molar-refractivity contribution is 5.10. The Labute approximate surface area is 63.5 Å². The fourth-order valence-corrected chi connectivity index (χ4v) is 1.37. The number of hydrogen-bond donors (Lipinski definition) is 1. The molecule has 1 heteroatoms. The molecule has 1 nitrogen and oxygen atoms in total. The van der Waals surface area contributed by atoms with Gasteiger partial charge >= 0.3 is 0 Å². The van der Waals surface area contributed by atoms with E-state index in [1.165, 1.54) is 6.42 Å². The molecule has 0 bridgehead atoms. The molecule has 0 saturated heterocycles. The number of nitrogens with one attached hydrogen (secondary N) is 1. The Morgan fingerprint density at radius 3 is 2.70 bits per heavy atom. The fraction of sp³-hybridized carbons (Fsp3) is 0.778. The second kappa shape index (κ2) is 3.20. The first kappa shape index (κ1) is 7.80. The van der Waals surface area contributed by atoms with Gasteiger partial charge in [0, 0.05) is 12.6 Å². The van der Waals surface area contributed by atoms with Crippen molar-refractivity contribution in [3.05, 3.63) is 11.6 Å². The molecule has 1 N–H and O–H groups in total. The minimum atomic E-state index is 0.683. The highest BCUT2D eigenvalue weighted by Gasteiger charge is 2.11. The van der Waals surface area contributed by atoms with Gasteiger partial charge in [-0.15, -0.1) is 0 Å². The van der Waals surface area contributed by atoms with Crippen molar-refractivity contribution < 1.29 is 0 Å². The molecule has 10 heavy (non-hydrogen) atoms. The summed E-state index contributed by atoms with van der Waals surface area (Å²) in [6.07, 6.45) is 3.56. The Balaban J connectivity index is 2.51. The van der Waals surface area contributed by atoms with Crippen LogP contribution in [0.3, 0.4) is 0 Å². The van der Waals surface area contributed by atoms with E-state index in [1.807, 2.05) is 0 Å². The summed E-state index contributed by atoms with van der Waals surface area (Å²) in [6.45, 7) is 7.85. The first-order chi connectivity index (χ1) is 4.70. The van der Waals surface area contributed by atoms with E-state index in [1.54, 1.807) is 5.57 Å². The van der Waals surface area contributed by atoms with Crippen molar-refractivity contribution in [1.82, 2.24) is 5.32 Å². The van der Waals surface area contributed by atoms with Crippen LogP contribution in [0.25, 0.3) is 0 Å². The zero-order valence-electron chi connectivity index (χ0n) is 7.15. The maximum Gasteiger partial charge on any atom is 0.0140 e. The summed E-state index contributed by atoms with van der Waals surface area (Å²) in [7, 11) is 0. The van der Waals surface area contributed by atoms with E-state index in [0.29, 0.717) is 6.04 Å². The second-order valence-corrected chi connectivity index (χ2v) is 3.45. The molecular formula is C9H17N. The normalized spacial score (nSPS) is 26.8. The second-order valence-electron chi connectivity index (χ2n) is 3.45. The molecule has 1 aliphatic heterocycles. The topological polar surface area (TPSA) is 12.0 Å². The predicted molar refractivity (Wildman–Crippen MR) is 45.0 cm³/mol. The fourth-order valence-electron chi connectivity index (χ4n) is 1.37. The van der Waals surface area contributed by atoms with E-state index < -0.39 is 0 Å². The summed E-state index contributed by atoms with van der Waals surface area (Å²) < 4.78 is 0. The molecule has 0 fully saturated rings. The average molecular weight is 139 g/mol. The standard InChI is InChI=1S/C9H17N/c1-7(2)9-4-5-10-8(3)6-9/h4,7-8,10H,5-6H2,1-3H3. The molecule has 1 atom stereocenters. The van der Waals surface area contributed by atoms with E-state index >= 15 is 0 Å². The molecule has 1 unspecified atom stereocenters. The van der Waals surface area contributed by atoms with Crippen molar-refractivity contribution in [2.75, 3.05) is 6.54 Å². The van der Waals surface area contributed by atoms with Crippen molar-refractivity contribution in [3.63, 3.8) is 0 Å². The van der Waals surface area contributed by atoms with Gasteiger partial charge in [0.25, 0.3) is 0 Å². The monoisotopic (exact) mass is 139 g/mol. The van der Waals surface area contributed by atoms with Crippen LogP contribution < -0.4 is 5.32 Å². The van der Waals surface area contributed by atoms with E-state index in [2.05, 4.69) is 32.2 Å². The van der Waals surface area contributed by atoms with Crippen LogP contribution in [0.2, 0.25) is 0 Å². The van der Waals surface area contributed by atoms with E-state index in [4.69, 9.17) is 0 Å². The summed E-state index contributed by atoms with van der Waals surface area (Å²) in [6, 6.07) is 0.683. The summed E-state index contributed by atoms with van der Waals surface area (Å²) in [4.78, 5) is 0. The zero-order valence-corrected chi connectivity index (χ0v) is 7.15. The highest BCUT2D eigenvalue weighted by Crippen LogP contribution is 2.17. The van der Waals surface area contributed by atoms with E-state index in [9.17, 15) is 0 Å². The van der Waals surface area contributed by atoms with Gasteiger partial charge in [0.15, 0.2) is 0 Å². The lowest BCUT2D eigenvalue weighted by Gasteiger charge is -2.22. The lowest BCUT2D eigenvalue weighted by molar-refractivity contribution is 0.519. The molecule has 1 aliphatic rings. The van der Waals surface area contributed by atoms with Crippen LogP contribution >= 0.6 is 0 Å². The molecule has 58 valence electrons. The summed E-state index contributed by atoms with van der Waals surface area (Å²) in [5.41, 5.74) is 1.62. The van der Waals surface area contributed by atoms with E-state index in [0.717, 1.165) is 12.5 Å². The highest BCUT2D eigenvalue weighted by atomic mass is 14.9. The quantitative estimate of drug-likeness (QED) is 0.547. The minimum Gasteiger partial charge on any atom is -0.310 e. The largest absolute Gasteiger partial charge is 0.310 e. The van der Waals surface area contributed by atoms with Gasteiger partial charge in [-0.2, -0.15) is 0 Å². The van der Waals surface area contributed by atoms with Crippen LogP contribution in [0.1, 0.15) is 27.2 Å². The number of rotatable bonds is 1. The third kappa shape index (κ3) is 1.84. The van der Waals surface area contributed by atoms with Crippen molar-refractivity contribution in [1.29, 1.82) is 0 Å². The molecule has 0 spiro atoms. The van der Waals surface area contributed by atoms with E-state index in [-0.39, 0.29) is 0 Å². The van der Waals surface area contributed by atoms with Crippen molar-refractivity contribution in [3.8, 4) is 0 Å². The Bertz CT molecular complexity index is 136. The van der Waals surface area contributed by atoms with Crippen LogP contribution in [-0.4, -0.2) is 12.6 Å². The molecule has 0 aliphatic carbocycles. The summed E-state index contributed by atoms with van der Waals surface area (Å²) in [5.74, 6) is 0.740. The van der Waals surface area contributed by atoms with Gasteiger partial charge in [-0.3, -0.25) is 0 Å². The lowest BCUT2D eigenvalue weighted by Crippen LogP contribution is -2.31. The van der Waals surface area contributed by atoms with Crippen LogP contribution in [0, 0.1) is 5.92 Å². The molecule has 0 aromatic rings. The summed E-state index contributed by atoms with van der Waals surface area (Å²) >= 11 is 0. The number of hydrogen-bond acceptors (Lipinski definition) is 1. The third-order valence-corrected chi connectivity index (χ3v) is 2.11. The lowest BCUT2D eigenvalue weighted by atomic mass is 9.94. The predicted octanol–water partition coefficient (Wildman–Crippen LogP) is 1.95.